The number of benzene rings is 2. The summed E-state index contributed by atoms with van der Waals surface area (Å²) in [6.45, 7) is -0.541. The summed E-state index contributed by atoms with van der Waals surface area (Å²) in [4.78, 5) is 52.0. The molecule has 1 aliphatic heterocycles. The molecule has 0 spiro atoms. The van der Waals surface area contributed by atoms with E-state index in [0.29, 0.717) is 11.4 Å². The first-order chi connectivity index (χ1) is 15.8. The monoisotopic (exact) mass is 486 g/mol. The number of anilines is 2. The molecule has 1 saturated heterocycles. The zero-order chi connectivity index (χ0) is 23.3. The van der Waals surface area contributed by atoms with Crippen molar-refractivity contribution in [2.75, 3.05) is 16.8 Å². The third-order valence-electron chi connectivity index (χ3n) is 6.83. The molecule has 0 unspecified atom stereocenters. The first-order valence-corrected chi connectivity index (χ1v) is 11.5. The number of rotatable bonds is 5. The van der Waals surface area contributed by atoms with Gasteiger partial charge < -0.3 is 10.1 Å². The summed E-state index contributed by atoms with van der Waals surface area (Å²) in [6, 6.07) is 11.0. The summed E-state index contributed by atoms with van der Waals surface area (Å²) >= 11 is 12.0. The Kier molecular flexibility index (Phi) is 5.62. The fourth-order valence-corrected chi connectivity index (χ4v) is 5.78. The molecule has 2 saturated carbocycles. The van der Waals surface area contributed by atoms with Crippen LogP contribution >= 0.6 is 23.2 Å². The molecule has 0 aromatic heterocycles. The van der Waals surface area contributed by atoms with E-state index < -0.39 is 18.5 Å². The number of hydrogen-bond acceptors (Lipinski definition) is 5. The number of imide groups is 1. The molecule has 170 valence electrons. The Morgan fingerprint density at radius 3 is 2.36 bits per heavy atom. The van der Waals surface area contributed by atoms with E-state index in [1.165, 1.54) is 17.0 Å². The van der Waals surface area contributed by atoms with Crippen LogP contribution in [0.2, 0.25) is 10.0 Å². The molecular weight excluding hydrogens is 467 g/mol. The zero-order valence-electron chi connectivity index (χ0n) is 17.4. The Morgan fingerprint density at radius 2 is 1.67 bits per heavy atom. The van der Waals surface area contributed by atoms with Gasteiger partial charge in [-0.2, -0.15) is 0 Å². The number of carbonyl (C=O) groups excluding carboxylic acids is 4. The summed E-state index contributed by atoms with van der Waals surface area (Å²) in [6.07, 6.45) is 2.94. The van der Waals surface area contributed by atoms with Crippen molar-refractivity contribution in [2.24, 2.45) is 23.7 Å². The lowest BCUT2D eigenvalue weighted by atomic mass is 9.81. The van der Waals surface area contributed by atoms with Crippen LogP contribution < -0.4 is 10.2 Å². The fraction of sp³-hybridized carbons (Fsp3) is 0.333. The average Bonchev–Trinajstić information content (AvgIpc) is 3.49. The standard InChI is InChI=1S/C24H20Cl2N2O5/c25-16-5-2-6-17(21(16)26)27-18(29)11-33-24(32)14-3-1-4-15(10-14)28-22(30)19-12-7-8-13(9-12)20(19)23(28)31/h1-6,10,12-13,19-20H,7-9,11H2,(H,27,29)/t12-,13-,19+,20+/m0/s1. The Labute approximate surface area is 200 Å². The second kappa shape index (κ2) is 8.47. The topological polar surface area (TPSA) is 92.8 Å². The van der Waals surface area contributed by atoms with Crippen LogP contribution in [0.25, 0.3) is 0 Å². The quantitative estimate of drug-likeness (QED) is 0.501. The van der Waals surface area contributed by atoms with Crippen LogP contribution in [0.5, 0.6) is 0 Å². The van der Waals surface area contributed by atoms with Gasteiger partial charge in [0.05, 0.1) is 38.8 Å². The van der Waals surface area contributed by atoms with Crippen molar-refractivity contribution in [1.82, 2.24) is 0 Å². The van der Waals surface area contributed by atoms with Crippen LogP contribution in [0.3, 0.4) is 0 Å². The highest BCUT2D eigenvalue weighted by Crippen LogP contribution is 2.56. The molecule has 9 heteroatoms. The summed E-state index contributed by atoms with van der Waals surface area (Å²) in [7, 11) is 0. The normalized spacial score (nSPS) is 25.3. The lowest BCUT2D eigenvalue weighted by Gasteiger charge is -2.19. The lowest BCUT2D eigenvalue weighted by Crippen LogP contribution is -2.32. The number of nitrogens with zero attached hydrogens (tertiary/aromatic N) is 1. The van der Waals surface area contributed by atoms with Gasteiger partial charge in [-0.3, -0.25) is 19.3 Å². The van der Waals surface area contributed by atoms with Gasteiger partial charge in [0.1, 0.15) is 0 Å². The molecule has 2 aromatic carbocycles. The van der Waals surface area contributed by atoms with Crippen molar-refractivity contribution in [3.8, 4) is 0 Å². The summed E-state index contributed by atoms with van der Waals surface area (Å²) in [5.74, 6) is -1.62. The minimum Gasteiger partial charge on any atom is -0.452 e. The van der Waals surface area contributed by atoms with Crippen LogP contribution in [-0.2, 0) is 19.1 Å². The maximum Gasteiger partial charge on any atom is 0.338 e. The number of ether oxygens (including phenoxy) is 1. The van der Waals surface area contributed by atoms with Crippen LogP contribution in [0.4, 0.5) is 11.4 Å². The van der Waals surface area contributed by atoms with Crippen LogP contribution in [-0.4, -0.2) is 30.3 Å². The lowest BCUT2D eigenvalue weighted by molar-refractivity contribution is -0.123. The molecule has 3 fully saturated rings. The highest BCUT2D eigenvalue weighted by Gasteiger charge is 2.61. The predicted octanol–water partition coefficient (Wildman–Crippen LogP) is 4.32. The third kappa shape index (κ3) is 3.79. The highest BCUT2D eigenvalue weighted by atomic mass is 35.5. The van der Waals surface area contributed by atoms with Gasteiger partial charge >= 0.3 is 5.97 Å². The van der Waals surface area contributed by atoms with E-state index >= 15 is 0 Å². The van der Waals surface area contributed by atoms with Crippen molar-refractivity contribution in [2.45, 2.75) is 19.3 Å². The van der Waals surface area contributed by atoms with Gasteiger partial charge in [-0.15, -0.1) is 0 Å². The average molecular weight is 487 g/mol. The number of halogens is 2. The van der Waals surface area contributed by atoms with Gasteiger partial charge in [-0.25, -0.2) is 4.79 Å². The molecule has 1 heterocycles. The molecule has 3 amide bonds. The Morgan fingerprint density at radius 1 is 1.00 bits per heavy atom. The summed E-state index contributed by atoms with van der Waals surface area (Å²) in [5.41, 5.74) is 0.794. The predicted molar refractivity (Wildman–Crippen MR) is 122 cm³/mol. The van der Waals surface area contributed by atoms with Gasteiger partial charge in [-0.1, -0.05) is 35.3 Å². The summed E-state index contributed by atoms with van der Waals surface area (Å²) in [5, 5.41) is 3.00. The Bertz CT molecular complexity index is 1160. The number of nitrogens with one attached hydrogen (secondary N) is 1. The number of hydrogen-bond donors (Lipinski definition) is 1. The molecule has 2 aromatic rings. The van der Waals surface area contributed by atoms with Gasteiger partial charge in [0.25, 0.3) is 5.91 Å². The Balaban J connectivity index is 1.25. The number of esters is 1. The fourth-order valence-electron chi connectivity index (χ4n) is 5.44. The maximum atomic E-state index is 13.0. The SMILES string of the molecule is O=C(COC(=O)c1cccc(N2C(=O)[C@@H]3[C@H]4CC[C@@H](C4)[C@H]3C2=O)c1)Nc1cccc(Cl)c1Cl. The third-order valence-corrected chi connectivity index (χ3v) is 7.65. The van der Waals surface area contributed by atoms with Crippen LogP contribution in [0, 0.1) is 23.7 Å². The van der Waals surface area contributed by atoms with E-state index in [4.69, 9.17) is 27.9 Å². The molecule has 2 aliphatic carbocycles. The van der Waals surface area contributed by atoms with Crippen molar-refractivity contribution >= 4 is 58.3 Å². The number of carbonyl (C=O) groups is 4. The molecule has 1 N–H and O–H groups in total. The van der Waals surface area contributed by atoms with Crippen LogP contribution in [0.1, 0.15) is 29.6 Å². The second-order valence-electron chi connectivity index (χ2n) is 8.67. The zero-order valence-corrected chi connectivity index (χ0v) is 18.9. The summed E-state index contributed by atoms with van der Waals surface area (Å²) < 4.78 is 5.11. The van der Waals surface area contributed by atoms with E-state index in [1.54, 1.807) is 30.3 Å². The van der Waals surface area contributed by atoms with E-state index in [9.17, 15) is 19.2 Å². The molecule has 33 heavy (non-hydrogen) atoms. The van der Waals surface area contributed by atoms with Crippen molar-refractivity contribution in [1.29, 1.82) is 0 Å². The minimum absolute atomic E-state index is 0.140. The second-order valence-corrected chi connectivity index (χ2v) is 9.46. The Hall–Kier alpha value is -2.90. The number of amides is 3. The molecule has 4 atom stereocenters. The van der Waals surface area contributed by atoms with E-state index in [-0.39, 0.29) is 51.1 Å². The van der Waals surface area contributed by atoms with Crippen LogP contribution in [0.15, 0.2) is 42.5 Å². The van der Waals surface area contributed by atoms with Gasteiger partial charge in [-0.05, 0) is 61.4 Å². The highest BCUT2D eigenvalue weighted by molar-refractivity contribution is 6.44. The molecular formula is C24H20Cl2N2O5. The van der Waals surface area contributed by atoms with Gasteiger partial charge in [0.15, 0.2) is 6.61 Å². The molecule has 5 rings (SSSR count). The maximum absolute atomic E-state index is 13.0. The van der Waals surface area contributed by atoms with E-state index in [0.717, 1.165) is 19.3 Å². The van der Waals surface area contributed by atoms with Gasteiger partial charge in [0, 0.05) is 0 Å². The first kappa shape index (κ1) is 21.9. The van der Waals surface area contributed by atoms with E-state index in [2.05, 4.69) is 5.32 Å². The van der Waals surface area contributed by atoms with Crippen molar-refractivity contribution in [3.05, 3.63) is 58.1 Å². The largest absolute Gasteiger partial charge is 0.452 e. The van der Waals surface area contributed by atoms with Gasteiger partial charge in [0.2, 0.25) is 11.8 Å². The molecule has 7 nitrogen and oxygen atoms in total. The smallest absolute Gasteiger partial charge is 0.338 e. The number of fused-ring (bicyclic) bond motifs is 5. The first-order valence-electron chi connectivity index (χ1n) is 10.7. The van der Waals surface area contributed by atoms with E-state index in [1.807, 2.05) is 0 Å². The molecule has 2 bridgehead atoms. The van der Waals surface area contributed by atoms with Crippen molar-refractivity contribution in [3.63, 3.8) is 0 Å². The minimum atomic E-state index is -0.747. The molecule has 0 radical (unpaired) electrons. The van der Waals surface area contributed by atoms with Crippen molar-refractivity contribution < 1.29 is 23.9 Å². The molecule has 3 aliphatic rings.